The van der Waals surface area contributed by atoms with Gasteiger partial charge < -0.3 is 14.6 Å². The number of thiophene rings is 1. The number of aliphatic carboxylic acids is 1. The van der Waals surface area contributed by atoms with E-state index in [1.165, 1.54) is 17.7 Å². The number of nitrogens with zero attached hydrogens (tertiary/aromatic N) is 2. The summed E-state index contributed by atoms with van der Waals surface area (Å²) in [6, 6.07) is 7.79. The number of ether oxygens (including phenoxy) is 1. The molecule has 23 heavy (non-hydrogen) atoms. The lowest BCUT2D eigenvalue weighted by atomic mass is 10.1. The Bertz CT molecular complexity index is 831. The lowest BCUT2D eigenvalue weighted by Crippen LogP contribution is -2.24. The van der Waals surface area contributed by atoms with Crippen LogP contribution < -0.4 is 9.84 Å². The minimum Gasteiger partial charge on any atom is -0.549 e. The Morgan fingerprint density at radius 3 is 2.78 bits per heavy atom. The lowest BCUT2D eigenvalue weighted by molar-refractivity contribution is -0.301. The van der Waals surface area contributed by atoms with E-state index >= 15 is 0 Å². The van der Waals surface area contributed by atoms with E-state index in [0.29, 0.717) is 11.6 Å². The molecule has 118 valence electrons. The van der Waals surface area contributed by atoms with Gasteiger partial charge in [0.05, 0.1) is 18.0 Å². The van der Waals surface area contributed by atoms with Crippen molar-refractivity contribution in [3.8, 4) is 16.9 Å². The van der Waals surface area contributed by atoms with Gasteiger partial charge in [-0.3, -0.25) is 0 Å². The van der Waals surface area contributed by atoms with Crippen molar-refractivity contribution in [1.29, 1.82) is 0 Å². The fourth-order valence-electron chi connectivity index (χ4n) is 2.19. The SMILES string of the molecule is CCOc1ccc(-c2csc3ncnc(SCC(=O)[O-])c23)cc1. The number of thioether (sulfide) groups is 1. The summed E-state index contributed by atoms with van der Waals surface area (Å²) in [5, 5.41) is 14.3. The highest BCUT2D eigenvalue weighted by atomic mass is 32.2. The third-order valence-corrected chi connectivity index (χ3v) is 4.99. The van der Waals surface area contributed by atoms with Crippen molar-refractivity contribution >= 4 is 39.3 Å². The summed E-state index contributed by atoms with van der Waals surface area (Å²) in [5.41, 5.74) is 2.01. The molecule has 0 aliphatic heterocycles. The first kappa shape index (κ1) is 15.8. The summed E-state index contributed by atoms with van der Waals surface area (Å²) in [4.78, 5) is 20.0. The summed E-state index contributed by atoms with van der Waals surface area (Å²) in [7, 11) is 0. The number of carboxylic acids is 1. The van der Waals surface area contributed by atoms with Crippen LogP contribution in [0.2, 0.25) is 0 Å². The molecule has 0 atom stereocenters. The third-order valence-electron chi connectivity index (χ3n) is 3.14. The Morgan fingerprint density at radius 2 is 2.09 bits per heavy atom. The third kappa shape index (κ3) is 3.46. The van der Waals surface area contributed by atoms with E-state index in [0.717, 1.165) is 38.9 Å². The van der Waals surface area contributed by atoms with E-state index < -0.39 is 5.97 Å². The lowest BCUT2D eigenvalue weighted by Gasteiger charge is -2.07. The first-order valence-electron chi connectivity index (χ1n) is 6.97. The summed E-state index contributed by atoms with van der Waals surface area (Å²) in [6.07, 6.45) is 1.46. The van der Waals surface area contributed by atoms with Crippen LogP contribution in [0.1, 0.15) is 6.92 Å². The molecule has 0 spiro atoms. The normalized spacial score (nSPS) is 10.8. The standard InChI is InChI=1S/C16H14N2O3S2/c1-2-21-11-5-3-10(4-6-11)12-7-22-15-14(12)16(18-9-17-15)23-8-13(19)20/h3-7,9H,2,8H2,1H3,(H,19,20)/p-1. The van der Waals surface area contributed by atoms with Crippen LogP contribution in [0.5, 0.6) is 5.75 Å². The van der Waals surface area contributed by atoms with Crippen molar-refractivity contribution in [3.63, 3.8) is 0 Å². The van der Waals surface area contributed by atoms with Crippen molar-refractivity contribution in [2.45, 2.75) is 11.9 Å². The van der Waals surface area contributed by atoms with Crippen LogP contribution in [0.25, 0.3) is 21.3 Å². The van der Waals surface area contributed by atoms with Crippen molar-refractivity contribution in [2.75, 3.05) is 12.4 Å². The van der Waals surface area contributed by atoms with E-state index in [1.807, 2.05) is 36.6 Å². The maximum Gasteiger partial charge on any atom is 0.128 e. The number of fused-ring (bicyclic) bond motifs is 1. The Balaban J connectivity index is 2.01. The van der Waals surface area contributed by atoms with Gasteiger partial charge in [-0.25, -0.2) is 9.97 Å². The minimum atomic E-state index is -1.11. The van der Waals surface area contributed by atoms with Crippen LogP contribution in [0.15, 0.2) is 41.0 Å². The molecule has 7 heteroatoms. The first-order valence-corrected chi connectivity index (χ1v) is 8.83. The second kappa shape index (κ2) is 6.97. The predicted molar refractivity (Wildman–Crippen MR) is 89.8 cm³/mol. The highest BCUT2D eigenvalue weighted by Crippen LogP contribution is 2.38. The Morgan fingerprint density at radius 1 is 1.30 bits per heavy atom. The molecule has 2 aromatic heterocycles. The molecule has 0 aliphatic rings. The van der Waals surface area contributed by atoms with Crippen LogP contribution >= 0.6 is 23.1 Å². The zero-order valence-corrected chi connectivity index (χ0v) is 13.9. The van der Waals surface area contributed by atoms with Crippen LogP contribution in [-0.4, -0.2) is 28.3 Å². The Kier molecular flexibility index (Phi) is 4.78. The van der Waals surface area contributed by atoms with Gasteiger partial charge >= 0.3 is 0 Å². The number of rotatable bonds is 6. The number of carboxylic acid groups (broad SMARTS) is 1. The van der Waals surface area contributed by atoms with Crippen LogP contribution in [0.3, 0.4) is 0 Å². The quantitative estimate of drug-likeness (QED) is 0.505. The van der Waals surface area contributed by atoms with E-state index in [9.17, 15) is 9.90 Å². The maximum absolute atomic E-state index is 10.7. The molecular formula is C16H13N2O3S2-. The molecule has 5 nitrogen and oxygen atoms in total. The first-order chi connectivity index (χ1) is 11.2. The van der Waals surface area contributed by atoms with Crippen LogP contribution in [-0.2, 0) is 4.79 Å². The second-order valence-electron chi connectivity index (χ2n) is 4.63. The molecule has 0 amide bonds. The van der Waals surface area contributed by atoms with Gasteiger partial charge in [0.2, 0.25) is 0 Å². The van der Waals surface area contributed by atoms with Crippen LogP contribution in [0.4, 0.5) is 0 Å². The molecule has 0 saturated carbocycles. The topological polar surface area (TPSA) is 75.1 Å². The molecule has 0 saturated heterocycles. The molecule has 0 aliphatic carbocycles. The van der Waals surface area contributed by atoms with Gasteiger partial charge in [-0.15, -0.1) is 11.3 Å². The largest absolute Gasteiger partial charge is 0.549 e. The summed E-state index contributed by atoms with van der Waals surface area (Å²) >= 11 is 2.66. The molecule has 3 rings (SSSR count). The molecular weight excluding hydrogens is 332 g/mol. The van der Waals surface area contributed by atoms with Crippen molar-refractivity contribution in [3.05, 3.63) is 36.0 Å². The smallest absolute Gasteiger partial charge is 0.128 e. The van der Waals surface area contributed by atoms with Gasteiger partial charge in [0, 0.05) is 16.7 Å². The van der Waals surface area contributed by atoms with Crippen molar-refractivity contribution in [2.24, 2.45) is 0 Å². The van der Waals surface area contributed by atoms with E-state index in [2.05, 4.69) is 9.97 Å². The fourth-order valence-corrected chi connectivity index (χ4v) is 3.90. The van der Waals surface area contributed by atoms with E-state index in [-0.39, 0.29) is 5.75 Å². The average Bonchev–Trinajstić information content (AvgIpc) is 2.98. The monoisotopic (exact) mass is 345 g/mol. The number of hydrogen-bond acceptors (Lipinski definition) is 7. The van der Waals surface area contributed by atoms with Gasteiger partial charge in [0.15, 0.2) is 0 Å². The summed E-state index contributed by atoms with van der Waals surface area (Å²) < 4.78 is 5.46. The van der Waals surface area contributed by atoms with Crippen molar-refractivity contribution < 1.29 is 14.6 Å². The Hall–Kier alpha value is -2.12. The fraction of sp³-hybridized carbons (Fsp3) is 0.188. The number of carbonyl (C=O) groups is 1. The number of carbonyl (C=O) groups excluding carboxylic acids is 1. The number of hydrogen-bond donors (Lipinski definition) is 0. The Labute approximate surface area is 141 Å². The zero-order valence-electron chi connectivity index (χ0n) is 12.3. The van der Waals surface area contributed by atoms with Crippen LogP contribution in [0, 0.1) is 0 Å². The summed E-state index contributed by atoms with van der Waals surface area (Å²) in [5.74, 6) is -0.428. The molecule has 2 heterocycles. The van der Waals surface area contributed by atoms with Gasteiger partial charge in [-0.2, -0.15) is 0 Å². The van der Waals surface area contributed by atoms with E-state index in [1.54, 1.807) is 0 Å². The molecule has 0 unspecified atom stereocenters. The van der Waals surface area contributed by atoms with Gasteiger partial charge in [-0.1, -0.05) is 23.9 Å². The molecule has 0 fully saturated rings. The van der Waals surface area contributed by atoms with Gasteiger partial charge in [0.25, 0.3) is 0 Å². The number of aromatic nitrogens is 2. The zero-order chi connectivity index (χ0) is 16.2. The minimum absolute atomic E-state index is 0.134. The highest BCUT2D eigenvalue weighted by Gasteiger charge is 2.13. The molecule has 0 bridgehead atoms. The molecule has 0 radical (unpaired) electrons. The van der Waals surface area contributed by atoms with Gasteiger partial charge in [0.1, 0.15) is 21.9 Å². The average molecular weight is 345 g/mol. The molecule has 0 N–H and O–H groups in total. The number of benzene rings is 1. The predicted octanol–water partition coefficient (Wildman–Crippen LogP) is 2.60. The van der Waals surface area contributed by atoms with Crippen molar-refractivity contribution in [1.82, 2.24) is 9.97 Å². The molecule has 1 aromatic carbocycles. The molecule has 3 aromatic rings. The summed E-state index contributed by atoms with van der Waals surface area (Å²) in [6.45, 7) is 2.57. The highest BCUT2D eigenvalue weighted by molar-refractivity contribution is 8.00. The van der Waals surface area contributed by atoms with E-state index in [4.69, 9.17) is 4.74 Å². The second-order valence-corrected chi connectivity index (χ2v) is 6.45. The van der Waals surface area contributed by atoms with Gasteiger partial charge in [-0.05, 0) is 24.6 Å². The maximum atomic E-state index is 10.7.